The molecule has 2 saturated heterocycles. The quantitative estimate of drug-likeness (QED) is 0.765. The largest absolute Gasteiger partial charge is 0.404 e. The lowest BCUT2D eigenvalue weighted by molar-refractivity contribution is -0.216. The molecule has 2 aliphatic rings. The van der Waals surface area contributed by atoms with Gasteiger partial charge in [0.05, 0.1) is 13.2 Å². The van der Waals surface area contributed by atoms with Crippen LogP contribution in [0.2, 0.25) is 0 Å². The summed E-state index contributed by atoms with van der Waals surface area (Å²) in [4.78, 5) is 14.0. The number of carbonyl (C=O) groups is 1. The summed E-state index contributed by atoms with van der Waals surface area (Å²) in [6.07, 6.45) is -4.71. The molecule has 1 unspecified atom stereocenters. The van der Waals surface area contributed by atoms with E-state index in [-0.39, 0.29) is 26.1 Å². The Balaban J connectivity index is 1.83. The van der Waals surface area contributed by atoms with E-state index in [9.17, 15) is 18.0 Å². The van der Waals surface area contributed by atoms with E-state index in [0.717, 1.165) is 13.1 Å². The van der Waals surface area contributed by atoms with Crippen molar-refractivity contribution in [2.45, 2.75) is 12.6 Å². The number of hydrogen-bond acceptors (Lipinski definition) is 4. The standard InChI is InChI=1S/C12H20F3N3O2/c13-12(14,15)11(1-2-16-9-11)10(19)17-3-4-18-5-7-20-8-6-18/h16H,1-9H2,(H,17,19). The molecule has 0 radical (unpaired) electrons. The predicted octanol–water partition coefficient (Wildman–Crippen LogP) is -0.0232. The van der Waals surface area contributed by atoms with Crippen LogP contribution in [0.15, 0.2) is 0 Å². The Hall–Kier alpha value is -0.860. The molecule has 0 bridgehead atoms. The van der Waals surface area contributed by atoms with Gasteiger partial charge in [0.25, 0.3) is 0 Å². The maximum atomic E-state index is 13.1. The third-order valence-corrected chi connectivity index (χ3v) is 3.95. The lowest BCUT2D eigenvalue weighted by Gasteiger charge is -2.30. The summed E-state index contributed by atoms with van der Waals surface area (Å²) in [5.41, 5.74) is -2.27. The van der Waals surface area contributed by atoms with Crippen LogP contribution in [0, 0.1) is 5.41 Å². The van der Waals surface area contributed by atoms with Crippen molar-refractivity contribution in [1.29, 1.82) is 0 Å². The second kappa shape index (κ2) is 6.28. The molecule has 2 fully saturated rings. The number of rotatable bonds is 4. The van der Waals surface area contributed by atoms with E-state index < -0.39 is 17.5 Å². The van der Waals surface area contributed by atoms with Crippen molar-refractivity contribution in [1.82, 2.24) is 15.5 Å². The molecule has 116 valence electrons. The maximum Gasteiger partial charge on any atom is 0.404 e. The van der Waals surface area contributed by atoms with Crippen LogP contribution in [-0.2, 0) is 9.53 Å². The van der Waals surface area contributed by atoms with E-state index in [0.29, 0.717) is 19.8 Å². The van der Waals surface area contributed by atoms with Gasteiger partial charge in [-0.25, -0.2) is 0 Å². The van der Waals surface area contributed by atoms with E-state index in [1.807, 2.05) is 0 Å². The normalized spacial score (nSPS) is 28.6. The molecule has 0 aromatic rings. The highest BCUT2D eigenvalue weighted by Crippen LogP contribution is 2.43. The number of nitrogens with zero attached hydrogens (tertiary/aromatic N) is 1. The van der Waals surface area contributed by atoms with Gasteiger partial charge >= 0.3 is 6.18 Å². The first-order valence-electron chi connectivity index (χ1n) is 6.81. The Bertz CT molecular complexity index is 337. The Kier molecular flexibility index (Phi) is 4.87. The number of hydrogen-bond donors (Lipinski definition) is 2. The zero-order chi connectivity index (χ0) is 14.6. The van der Waals surface area contributed by atoms with Crippen LogP contribution < -0.4 is 10.6 Å². The zero-order valence-corrected chi connectivity index (χ0v) is 11.3. The Morgan fingerprint density at radius 1 is 1.35 bits per heavy atom. The van der Waals surface area contributed by atoms with Gasteiger partial charge in [-0.3, -0.25) is 9.69 Å². The molecule has 0 aromatic heterocycles. The average Bonchev–Trinajstić information content (AvgIpc) is 2.90. The number of morpholine rings is 1. The summed E-state index contributed by atoms with van der Waals surface area (Å²) in [5.74, 6) is -0.914. The van der Waals surface area contributed by atoms with Crippen LogP contribution >= 0.6 is 0 Å². The average molecular weight is 295 g/mol. The molecule has 2 heterocycles. The molecule has 8 heteroatoms. The van der Waals surface area contributed by atoms with Crippen molar-refractivity contribution >= 4 is 5.91 Å². The van der Waals surface area contributed by atoms with E-state index in [4.69, 9.17) is 4.74 Å². The minimum atomic E-state index is -4.51. The van der Waals surface area contributed by atoms with Gasteiger partial charge in [-0.1, -0.05) is 0 Å². The summed E-state index contributed by atoms with van der Waals surface area (Å²) >= 11 is 0. The fourth-order valence-corrected chi connectivity index (χ4v) is 2.58. The van der Waals surface area contributed by atoms with E-state index in [2.05, 4.69) is 15.5 Å². The smallest absolute Gasteiger partial charge is 0.379 e. The van der Waals surface area contributed by atoms with Crippen LogP contribution in [0.1, 0.15) is 6.42 Å². The number of nitrogens with one attached hydrogen (secondary N) is 2. The van der Waals surface area contributed by atoms with Gasteiger partial charge in [0.15, 0.2) is 5.41 Å². The summed E-state index contributed by atoms with van der Waals surface area (Å²) < 4.78 is 44.5. The lowest BCUT2D eigenvalue weighted by Crippen LogP contribution is -2.53. The molecule has 0 aromatic carbocycles. The number of halogens is 3. The topological polar surface area (TPSA) is 53.6 Å². The van der Waals surface area contributed by atoms with Crippen molar-refractivity contribution < 1.29 is 22.7 Å². The second-order valence-corrected chi connectivity index (χ2v) is 5.22. The molecule has 1 atom stereocenters. The number of ether oxygens (including phenoxy) is 1. The van der Waals surface area contributed by atoms with Gasteiger partial charge in [0.2, 0.25) is 5.91 Å². The highest BCUT2D eigenvalue weighted by atomic mass is 19.4. The number of amides is 1. The van der Waals surface area contributed by atoms with Crippen molar-refractivity contribution in [2.75, 3.05) is 52.5 Å². The molecular formula is C12H20F3N3O2. The number of carbonyl (C=O) groups excluding carboxylic acids is 1. The molecule has 1 amide bonds. The SMILES string of the molecule is O=C(NCCN1CCOCC1)C1(C(F)(F)F)CCNC1. The van der Waals surface area contributed by atoms with Crippen LogP contribution in [0.5, 0.6) is 0 Å². The van der Waals surface area contributed by atoms with Crippen molar-refractivity contribution in [2.24, 2.45) is 5.41 Å². The molecule has 20 heavy (non-hydrogen) atoms. The number of alkyl halides is 3. The second-order valence-electron chi connectivity index (χ2n) is 5.22. The van der Waals surface area contributed by atoms with Crippen LogP contribution in [0.25, 0.3) is 0 Å². The summed E-state index contributed by atoms with van der Waals surface area (Å²) in [6, 6.07) is 0. The minimum Gasteiger partial charge on any atom is -0.379 e. The molecule has 2 rings (SSSR count). The molecule has 2 N–H and O–H groups in total. The molecular weight excluding hydrogens is 275 g/mol. The fraction of sp³-hybridized carbons (Fsp3) is 0.917. The molecule has 2 aliphatic heterocycles. The molecule has 0 aliphatic carbocycles. The van der Waals surface area contributed by atoms with Gasteiger partial charge < -0.3 is 15.4 Å². The maximum absolute atomic E-state index is 13.1. The first kappa shape index (κ1) is 15.5. The van der Waals surface area contributed by atoms with Crippen molar-refractivity contribution in [3.63, 3.8) is 0 Å². The fourth-order valence-electron chi connectivity index (χ4n) is 2.58. The highest BCUT2D eigenvalue weighted by molar-refractivity contribution is 5.84. The van der Waals surface area contributed by atoms with E-state index in [1.54, 1.807) is 0 Å². The third-order valence-electron chi connectivity index (χ3n) is 3.95. The van der Waals surface area contributed by atoms with Crippen LogP contribution in [0.3, 0.4) is 0 Å². The highest BCUT2D eigenvalue weighted by Gasteiger charge is 2.61. The van der Waals surface area contributed by atoms with E-state index >= 15 is 0 Å². The zero-order valence-electron chi connectivity index (χ0n) is 11.3. The Labute approximate surface area is 115 Å². The van der Waals surface area contributed by atoms with Gasteiger partial charge in [-0.2, -0.15) is 13.2 Å². The Morgan fingerprint density at radius 2 is 2.05 bits per heavy atom. The first-order valence-corrected chi connectivity index (χ1v) is 6.81. The lowest BCUT2D eigenvalue weighted by atomic mass is 9.85. The van der Waals surface area contributed by atoms with Crippen LogP contribution in [0.4, 0.5) is 13.2 Å². The van der Waals surface area contributed by atoms with Gasteiger partial charge in [-0.05, 0) is 13.0 Å². The monoisotopic (exact) mass is 295 g/mol. The van der Waals surface area contributed by atoms with Gasteiger partial charge in [0.1, 0.15) is 0 Å². The summed E-state index contributed by atoms with van der Waals surface area (Å²) in [7, 11) is 0. The molecule has 0 saturated carbocycles. The van der Waals surface area contributed by atoms with Crippen molar-refractivity contribution in [3.8, 4) is 0 Å². The predicted molar refractivity (Wildman–Crippen MR) is 66.2 cm³/mol. The van der Waals surface area contributed by atoms with Crippen LogP contribution in [-0.4, -0.2) is 69.5 Å². The minimum absolute atomic E-state index is 0.195. The Morgan fingerprint density at radius 3 is 2.60 bits per heavy atom. The van der Waals surface area contributed by atoms with Crippen molar-refractivity contribution in [3.05, 3.63) is 0 Å². The third kappa shape index (κ3) is 3.24. The summed E-state index contributed by atoms with van der Waals surface area (Å²) in [6.45, 7) is 3.43. The summed E-state index contributed by atoms with van der Waals surface area (Å²) in [5, 5.41) is 5.07. The van der Waals surface area contributed by atoms with E-state index in [1.165, 1.54) is 0 Å². The molecule has 0 spiro atoms. The van der Waals surface area contributed by atoms with Gasteiger partial charge in [0, 0.05) is 32.7 Å². The van der Waals surface area contributed by atoms with Gasteiger partial charge in [-0.15, -0.1) is 0 Å². The first-order chi connectivity index (χ1) is 9.46. The molecule has 5 nitrogen and oxygen atoms in total.